The van der Waals surface area contributed by atoms with Gasteiger partial charge in [-0.2, -0.15) is 0 Å². The summed E-state index contributed by atoms with van der Waals surface area (Å²) in [6.45, 7) is 0. The van der Waals surface area contributed by atoms with Crippen molar-refractivity contribution in [1.29, 1.82) is 0 Å². The third kappa shape index (κ3) is 5.26. The minimum Gasteiger partial charge on any atom is -0.310 e. The molecule has 0 atom stereocenters. The average Bonchev–Trinajstić information content (AvgIpc) is 3.89. The van der Waals surface area contributed by atoms with Crippen LogP contribution < -0.4 is 4.90 Å². The number of hydrogen-bond donors (Lipinski definition) is 0. The van der Waals surface area contributed by atoms with Crippen molar-refractivity contribution >= 4 is 113 Å². The molecular formula is C53H32N2S2. The first kappa shape index (κ1) is 32.4. The molecule has 12 rings (SSSR count). The zero-order chi connectivity index (χ0) is 37.5. The molecule has 0 spiro atoms. The van der Waals surface area contributed by atoms with Crippen molar-refractivity contribution in [3.8, 4) is 21.7 Å². The fourth-order valence-electron chi connectivity index (χ4n) is 8.74. The monoisotopic (exact) mass is 760 g/mol. The zero-order valence-corrected chi connectivity index (χ0v) is 32.3. The number of benzene rings is 10. The van der Waals surface area contributed by atoms with E-state index in [1.807, 2.05) is 11.3 Å². The highest BCUT2D eigenvalue weighted by atomic mass is 32.1. The third-order valence-electron chi connectivity index (χ3n) is 11.4. The van der Waals surface area contributed by atoms with Crippen LogP contribution in [0.4, 0.5) is 17.1 Å². The number of rotatable bonds is 5. The van der Waals surface area contributed by atoms with Crippen molar-refractivity contribution in [3.05, 3.63) is 194 Å². The SMILES string of the molecule is c1ccc(-c2nc3ccc4ccc5ccc(N(c6ccc(-c7cccc8ccccc78)cc6)c6ccc7sc8ccc9ccccc9c8c7c6)cc5c4c3s2)cc1. The van der Waals surface area contributed by atoms with E-state index < -0.39 is 0 Å². The van der Waals surface area contributed by atoms with Crippen LogP contribution in [0, 0.1) is 0 Å². The summed E-state index contributed by atoms with van der Waals surface area (Å²) >= 11 is 3.65. The van der Waals surface area contributed by atoms with E-state index in [0.29, 0.717) is 0 Å². The Kier molecular flexibility index (Phi) is 7.31. The number of hydrogen-bond acceptors (Lipinski definition) is 4. The van der Waals surface area contributed by atoms with Crippen LogP contribution in [-0.2, 0) is 0 Å². The van der Waals surface area contributed by atoms with Gasteiger partial charge in [0.15, 0.2) is 0 Å². The standard InChI is InChI=1S/C53H32N2S2/c1-2-11-38(12-3-1)53-54-47-28-22-37-18-17-36-21-26-40(31-45(36)50(37)52(47)57-53)55(39-24-19-35(20-25-39)43-16-8-13-33-9-4-6-14-42(33)43)41-27-30-48-46(32-41)51-44-15-7-5-10-34(44)23-29-49(51)56-48/h1-32H. The molecule has 0 saturated heterocycles. The maximum absolute atomic E-state index is 5.12. The van der Waals surface area contributed by atoms with Gasteiger partial charge in [0, 0.05) is 48.2 Å². The molecule has 12 aromatic rings. The molecule has 0 N–H and O–H groups in total. The quantitative estimate of drug-likeness (QED) is 0.162. The molecule has 57 heavy (non-hydrogen) atoms. The molecule has 0 saturated carbocycles. The summed E-state index contributed by atoms with van der Waals surface area (Å²) < 4.78 is 3.83. The van der Waals surface area contributed by atoms with Gasteiger partial charge in [-0.3, -0.25) is 0 Å². The highest BCUT2D eigenvalue weighted by molar-refractivity contribution is 7.26. The van der Waals surface area contributed by atoms with E-state index in [0.717, 1.165) is 33.1 Å². The lowest BCUT2D eigenvalue weighted by molar-refractivity contribution is 1.30. The maximum atomic E-state index is 5.12. The number of aromatic nitrogens is 1. The van der Waals surface area contributed by atoms with E-state index in [2.05, 4.69) is 199 Å². The average molecular weight is 761 g/mol. The molecule has 0 aliphatic carbocycles. The van der Waals surface area contributed by atoms with Gasteiger partial charge in [0.1, 0.15) is 5.01 Å². The summed E-state index contributed by atoms with van der Waals surface area (Å²) in [7, 11) is 0. The smallest absolute Gasteiger partial charge is 0.124 e. The topological polar surface area (TPSA) is 16.1 Å². The van der Waals surface area contributed by atoms with Gasteiger partial charge in [-0.1, -0.05) is 140 Å². The number of anilines is 3. The Labute approximate surface area is 337 Å². The molecule has 2 heterocycles. The van der Waals surface area contributed by atoms with E-state index in [9.17, 15) is 0 Å². The Hall–Kier alpha value is -6.85. The minimum atomic E-state index is 1.03. The van der Waals surface area contributed by atoms with Gasteiger partial charge in [-0.15, -0.1) is 22.7 Å². The van der Waals surface area contributed by atoms with Crippen molar-refractivity contribution in [3.63, 3.8) is 0 Å². The first-order chi connectivity index (χ1) is 28.2. The minimum absolute atomic E-state index is 1.03. The van der Waals surface area contributed by atoms with Crippen LogP contribution in [0.2, 0.25) is 0 Å². The van der Waals surface area contributed by atoms with Crippen molar-refractivity contribution < 1.29 is 0 Å². The molecule has 266 valence electrons. The van der Waals surface area contributed by atoms with Crippen LogP contribution in [0.15, 0.2) is 194 Å². The number of nitrogens with zero attached hydrogens (tertiary/aromatic N) is 2. The van der Waals surface area contributed by atoms with Crippen LogP contribution in [0.1, 0.15) is 0 Å². The van der Waals surface area contributed by atoms with Crippen molar-refractivity contribution in [2.75, 3.05) is 4.90 Å². The van der Waals surface area contributed by atoms with Gasteiger partial charge in [0.05, 0.1) is 10.2 Å². The highest BCUT2D eigenvalue weighted by Crippen LogP contribution is 2.45. The lowest BCUT2D eigenvalue weighted by Gasteiger charge is -2.26. The second kappa shape index (κ2) is 12.9. The fourth-order valence-corrected chi connectivity index (χ4v) is 11.0. The summed E-state index contributed by atoms with van der Waals surface area (Å²) in [6.07, 6.45) is 0. The van der Waals surface area contributed by atoms with E-state index in [1.54, 1.807) is 11.3 Å². The van der Waals surface area contributed by atoms with Crippen LogP contribution >= 0.6 is 22.7 Å². The van der Waals surface area contributed by atoms with E-state index >= 15 is 0 Å². The zero-order valence-electron chi connectivity index (χ0n) is 30.7. The lowest BCUT2D eigenvalue weighted by Crippen LogP contribution is -2.09. The second-order valence-corrected chi connectivity index (χ2v) is 16.8. The molecule has 2 aromatic heterocycles. The van der Waals surface area contributed by atoms with Gasteiger partial charge in [0.2, 0.25) is 0 Å². The normalized spacial score (nSPS) is 11.9. The molecule has 0 radical (unpaired) electrons. The first-order valence-corrected chi connectivity index (χ1v) is 20.9. The first-order valence-electron chi connectivity index (χ1n) is 19.3. The largest absolute Gasteiger partial charge is 0.310 e. The van der Waals surface area contributed by atoms with Gasteiger partial charge in [0.25, 0.3) is 0 Å². The molecule has 0 aliphatic rings. The molecule has 0 aliphatic heterocycles. The van der Waals surface area contributed by atoms with E-state index in [4.69, 9.17) is 4.98 Å². The van der Waals surface area contributed by atoms with Gasteiger partial charge < -0.3 is 4.90 Å². The van der Waals surface area contributed by atoms with Crippen molar-refractivity contribution in [2.45, 2.75) is 0 Å². The summed E-state index contributed by atoms with van der Waals surface area (Å²) in [6, 6.07) is 71.0. The molecule has 2 nitrogen and oxygen atoms in total. The summed E-state index contributed by atoms with van der Waals surface area (Å²) in [4.78, 5) is 7.56. The maximum Gasteiger partial charge on any atom is 0.124 e. The second-order valence-electron chi connectivity index (χ2n) is 14.7. The van der Waals surface area contributed by atoms with Crippen LogP contribution in [0.5, 0.6) is 0 Å². The summed E-state index contributed by atoms with van der Waals surface area (Å²) in [5, 5.41) is 13.6. The predicted molar refractivity (Wildman–Crippen MR) is 248 cm³/mol. The van der Waals surface area contributed by atoms with Crippen LogP contribution in [0.25, 0.3) is 95.2 Å². The molecule has 0 bridgehead atoms. The number of thiazole rings is 1. The Morgan fingerprint density at radius 1 is 0.368 bits per heavy atom. The highest BCUT2D eigenvalue weighted by Gasteiger charge is 2.19. The van der Waals surface area contributed by atoms with Gasteiger partial charge in [-0.05, 0) is 103 Å². The van der Waals surface area contributed by atoms with Crippen LogP contribution in [-0.4, -0.2) is 4.98 Å². The number of thiophene rings is 1. The van der Waals surface area contributed by atoms with E-state index in [1.165, 1.54) is 79.1 Å². The predicted octanol–water partition coefficient (Wildman–Crippen LogP) is 16.1. The number of fused-ring (bicyclic) bond motifs is 11. The molecule has 0 fully saturated rings. The van der Waals surface area contributed by atoms with E-state index in [-0.39, 0.29) is 0 Å². The van der Waals surface area contributed by atoms with Gasteiger partial charge >= 0.3 is 0 Å². The van der Waals surface area contributed by atoms with Crippen LogP contribution in [0.3, 0.4) is 0 Å². The molecule has 4 heteroatoms. The Morgan fingerprint density at radius 3 is 1.84 bits per heavy atom. The summed E-state index contributed by atoms with van der Waals surface area (Å²) in [5.74, 6) is 0. The Bertz CT molecular complexity index is 3520. The fraction of sp³-hybridized carbons (Fsp3) is 0. The molecule has 0 amide bonds. The van der Waals surface area contributed by atoms with Crippen molar-refractivity contribution in [1.82, 2.24) is 4.98 Å². The molecule has 0 unspecified atom stereocenters. The molecular weight excluding hydrogens is 729 g/mol. The Morgan fingerprint density at radius 2 is 0.982 bits per heavy atom. The summed E-state index contributed by atoms with van der Waals surface area (Å²) in [5.41, 5.74) is 7.97. The Balaban J connectivity index is 1.08. The van der Waals surface area contributed by atoms with Gasteiger partial charge in [-0.25, -0.2) is 4.98 Å². The lowest BCUT2D eigenvalue weighted by atomic mass is 9.97. The molecule has 10 aromatic carbocycles. The third-order valence-corrected chi connectivity index (χ3v) is 13.7. The van der Waals surface area contributed by atoms with Crippen molar-refractivity contribution in [2.24, 2.45) is 0 Å².